The van der Waals surface area contributed by atoms with Gasteiger partial charge in [0, 0.05) is 55.2 Å². The van der Waals surface area contributed by atoms with Gasteiger partial charge in [0.15, 0.2) is 0 Å². The Morgan fingerprint density at radius 1 is 1.24 bits per heavy atom. The molecule has 2 fully saturated rings. The molecule has 3 aromatic heterocycles. The van der Waals surface area contributed by atoms with E-state index in [9.17, 15) is 9.90 Å². The third kappa shape index (κ3) is 5.16. The van der Waals surface area contributed by atoms with Gasteiger partial charge >= 0.3 is 0 Å². The molecular formula is C28H41N7O3. The van der Waals surface area contributed by atoms with E-state index >= 15 is 0 Å². The first-order valence-corrected chi connectivity index (χ1v) is 13.8. The molecule has 1 saturated heterocycles. The molecular weight excluding hydrogens is 482 g/mol. The molecule has 2 N–H and O–H groups in total. The first-order chi connectivity index (χ1) is 18.2. The lowest BCUT2D eigenvalue weighted by Gasteiger charge is -2.29. The third-order valence-electron chi connectivity index (χ3n) is 8.15. The van der Waals surface area contributed by atoms with Crippen molar-refractivity contribution in [2.75, 3.05) is 32.1 Å². The molecule has 5 rings (SSSR count). The third-order valence-corrected chi connectivity index (χ3v) is 8.15. The minimum Gasteiger partial charge on any atom is -0.393 e. The Morgan fingerprint density at radius 3 is 2.68 bits per heavy atom. The van der Waals surface area contributed by atoms with Crippen LogP contribution in [0.25, 0.3) is 16.6 Å². The second-order valence-corrected chi connectivity index (χ2v) is 11.7. The maximum atomic E-state index is 13.4. The highest BCUT2D eigenvalue weighted by molar-refractivity contribution is 5.85. The predicted octanol–water partition coefficient (Wildman–Crippen LogP) is 3.66. The Bertz CT molecular complexity index is 1270. The molecule has 206 valence electrons. The Kier molecular flexibility index (Phi) is 7.46. The molecule has 1 aliphatic heterocycles. The van der Waals surface area contributed by atoms with Crippen molar-refractivity contribution in [1.82, 2.24) is 29.3 Å². The number of carbonyl (C=O) groups excluding carboxylic acids is 1. The number of likely N-dealkylation sites (tertiary alicyclic amines) is 1. The van der Waals surface area contributed by atoms with Gasteiger partial charge in [-0.2, -0.15) is 5.10 Å². The molecule has 1 saturated carbocycles. The van der Waals surface area contributed by atoms with Crippen LogP contribution in [0.5, 0.6) is 0 Å². The van der Waals surface area contributed by atoms with Crippen LogP contribution < -0.4 is 5.32 Å². The monoisotopic (exact) mass is 523 g/mol. The average Bonchev–Trinajstić information content (AvgIpc) is 3.63. The predicted molar refractivity (Wildman–Crippen MR) is 146 cm³/mol. The highest BCUT2D eigenvalue weighted by atomic mass is 16.5. The van der Waals surface area contributed by atoms with Crippen LogP contribution in [-0.4, -0.2) is 79.2 Å². The van der Waals surface area contributed by atoms with E-state index in [1.165, 1.54) is 0 Å². The summed E-state index contributed by atoms with van der Waals surface area (Å²) < 4.78 is 9.03. The average molecular weight is 524 g/mol. The number of hydrogen-bond acceptors (Lipinski definition) is 7. The van der Waals surface area contributed by atoms with Gasteiger partial charge in [-0.15, -0.1) is 5.10 Å². The number of aromatic nitrogens is 5. The fraction of sp³-hybridized carbons (Fsp3) is 0.643. The van der Waals surface area contributed by atoms with E-state index in [1.807, 2.05) is 48.8 Å². The second kappa shape index (κ2) is 10.6. The molecule has 38 heavy (non-hydrogen) atoms. The van der Waals surface area contributed by atoms with Crippen LogP contribution >= 0.6 is 0 Å². The standard InChI is InChI=1S/C28H41N7O3/c1-18-10-11-33(15-18)26(37)28(3,4)34-16-21(13-30-34)23-12-24(20-6-8-22(36)9-7-20)35-25(23)14-29-27(32-35)31-19(2)17-38-5/h12-14,16,18-20,22,36H,6-11,15,17H2,1-5H3,(H,31,32)/t18-,19+,20?,22?/m1/s1. The van der Waals surface area contributed by atoms with Gasteiger partial charge in [0.1, 0.15) is 5.54 Å². The summed E-state index contributed by atoms with van der Waals surface area (Å²) in [6, 6.07) is 2.25. The van der Waals surface area contributed by atoms with Crippen molar-refractivity contribution >= 4 is 17.4 Å². The van der Waals surface area contributed by atoms with Gasteiger partial charge in [-0.25, -0.2) is 9.50 Å². The molecule has 2 aliphatic rings. The zero-order valence-electron chi connectivity index (χ0n) is 23.2. The number of ether oxygens (including phenoxy) is 1. The lowest BCUT2D eigenvalue weighted by Crippen LogP contribution is -2.46. The molecule has 4 heterocycles. The number of hydrogen-bond donors (Lipinski definition) is 2. The van der Waals surface area contributed by atoms with E-state index < -0.39 is 5.54 Å². The van der Waals surface area contributed by atoms with Crippen molar-refractivity contribution in [2.45, 2.75) is 83.4 Å². The van der Waals surface area contributed by atoms with Crippen LogP contribution in [0.1, 0.15) is 71.4 Å². The topological polar surface area (TPSA) is 110 Å². The van der Waals surface area contributed by atoms with E-state index in [1.54, 1.807) is 11.8 Å². The van der Waals surface area contributed by atoms with Crippen molar-refractivity contribution in [2.24, 2.45) is 5.92 Å². The van der Waals surface area contributed by atoms with E-state index in [4.69, 9.17) is 9.84 Å². The lowest BCUT2D eigenvalue weighted by molar-refractivity contribution is -0.138. The molecule has 10 heteroatoms. The molecule has 3 aromatic rings. The molecule has 0 bridgehead atoms. The Balaban J connectivity index is 1.49. The summed E-state index contributed by atoms with van der Waals surface area (Å²) in [7, 11) is 1.68. The highest BCUT2D eigenvalue weighted by Gasteiger charge is 2.37. The van der Waals surface area contributed by atoms with Crippen LogP contribution in [0.15, 0.2) is 24.7 Å². The second-order valence-electron chi connectivity index (χ2n) is 11.7. The summed E-state index contributed by atoms with van der Waals surface area (Å²) in [4.78, 5) is 19.9. The number of carbonyl (C=O) groups is 1. The number of methoxy groups -OCH3 is 1. The molecule has 0 radical (unpaired) electrons. The van der Waals surface area contributed by atoms with Gasteiger partial charge in [-0.1, -0.05) is 6.92 Å². The van der Waals surface area contributed by atoms with Crippen molar-refractivity contribution in [3.8, 4) is 11.1 Å². The number of amides is 1. The van der Waals surface area contributed by atoms with Gasteiger partial charge in [-0.05, 0) is 64.9 Å². The first kappa shape index (κ1) is 26.6. The summed E-state index contributed by atoms with van der Waals surface area (Å²) in [6.07, 6.45) is 9.87. The quantitative estimate of drug-likeness (QED) is 0.464. The SMILES string of the molecule is COC[C@H](C)Nc1ncc2c(-c3cnn(C(C)(C)C(=O)N4CC[C@@H](C)C4)c3)cc(C3CCC(O)CC3)n2n1. The van der Waals surface area contributed by atoms with Crippen LogP contribution in [0.2, 0.25) is 0 Å². The number of anilines is 1. The fourth-order valence-corrected chi connectivity index (χ4v) is 5.86. The first-order valence-electron chi connectivity index (χ1n) is 13.8. The number of nitrogens with one attached hydrogen (secondary N) is 1. The zero-order chi connectivity index (χ0) is 27.0. The van der Waals surface area contributed by atoms with Crippen LogP contribution in [-0.2, 0) is 15.1 Å². The number of aliphatic hydroxyl groups excluding tert-OH is 1. The van der Waals surface area contributed by atoms with E-state index in [0.717, 1.165) is 67.5 Å². The van der Waals surface area contributed by atoms with Crippen molar-refractivity contribution in [1.29, 1.82) is 0 Å². The van der Waals surface area contributed by atoms with Gasteiger partial charge in [0.2, 0.25) is 11.9 Å². The highest BCUT2D eigenvalue weighted by Crippen LogP contribution is 2.38. The van der Waals surface area contributed by atoms with Crippen molar-refractivity contribution in [3.63, 3.8) is 0 Å². The van der Waals surface area contributed by atoms with E-state index in [0.29, 0.717) is 24.4 Å². The van der Waals surface area contributed by atoms with Gasteiger partial charge in [-0.3, -0.25) is 9.48 Å². The smallest absolute Gasteiger partial charge is 0.249 e. The van der Waals surface area contributed by atoms with Crippen molar-refractivity contribution in [3.05, 3.63) is 30.4 Å². The van der Waals surface area contributed by atoms with Crippen LogP contribution in [0, 0.1) is 5.92 Å². The minimum atomic E-state index is -0.786. The number of fused-ring (bicyclic) bond motifs is 1. The maximum absolute atomic E-state index is 13.4. The summed E-state index contributed by atoms with van der Waals surface area (Å²) >= 11 is 0. The molecule has 10 nitrogen and oxygen atoms in total. The normalized spacial score (nSPS) is 23.2. The van der Waals surface area contributed by atoms with E-state index in [-0.39, 0.29) is 18.1 Å². The fourth-order valence-electron chi connectivity index (χ4n) is 5.86. The molecule has 0 unspecified atom stereocenters. The number of aliphatic hydroxyl groups is 1. The lowest BCUT2D eigenvalue weighted by atomic mass is 9.85. The Labute approximate surface area is 224 Å². The Morgan fingerprint density at radius 2 is 2.00 bits per heavy atom. The number of nitrogens with zero attached hydrogens (tertiary/aromatic N) is 6. The van der Waals surface area contributed by atoms with Gasteiger partial charge in [0.25, 0.3) is 0 Å². The largest absolute Gasteiger partial charge is 0.393 e. The summed E-state index contributed by atoms with van der Waals surface area (Å²) in [5.74, 6) is 1.48. The molecule has 1 amide bonds. The number of rotatable bonds is 8. The van der Waals surface area contributed by atoms with E-state index in [2.05, 4.69) is 28.4 Å². The summed E-state index contributed by atoms with van der Waals surface area (Å²) in [5, 5.41) is 22.9. The van der Waals surface area contributed by atoms with Crippen LogP contribution in [0.3, 0.4) is 0 Å². The maximum Gasteiger partial charge on any atom is 0.249 e. The van der Waals surface area contributed by atoms with Gasteiger partial charge in [0.05, 0.1) is 30.6 Å². The van der Waals surface area contributed by atoms with Gasteiger partial charge < -0.3 is 20.1 Å². The summed E-state index contributed by atoms with van der Waals surface area (Å²) in [6.45, 7) is 10.3. The summed E-state index contributed by atoms with van der Waals surface area (Å²) in [5.41, 5.74) is 3.14. The molecule has 1 aliphatic carbocycles. The zero-order valence-corrected chi connectivity index (χ0v) is 23.2. The minimum absolute atomic E-state index is 0.0670. The molecule has 2 atom stereocenters. The molecule has 0 spiro atoms. The van der Waals surface area contributed by atoms with Crippen LogP contribution in [0.4, 0.5) is 5.95 Å². The van der Waals surface area contributed by atoms with Crippen molar-refractivity contribution < 1.29 is 14.6 Å². The Hall–Kier alpha value is -2.98. The molecule has 0 aromatic carbocycles.